The summed E-state index contributed by atoms with van der Waals surface area (Å²) >= 11 is 8.67. The second-order valence-electron chi connectivity index (χ2n) is 3.14. The molecule has 0 fully saturated rings. The number of ether oxygens (including phenoxy) is 1. The Kier molecular flexibility index (Phi) is 11.0. The molecule has 0 atom stereocenters. The summed E-state index contributed by atoms with van der Waals surface area (Å²) in [4.78, 5) is 1.61. The summed E-state index contributed by atoms with van der Waals surface area (Å²) in [6.07, 6.45) is -1.43. The van der Waals surface area contributed by atoms with Gasteiger partial charge in [0.2, 0.25) is 0 Å². The van der Waals surface area contributed by atoms with Crippen molar-refractivity contribution in [2.45, 2.75) is 13.3 Å². The van der Waals surface area contributed by atoms with Gasteiger partial charge >= 0.3 is 0 Å². The van der Waals surface area contributed by atoms with Crippen LogP contribution in [0.1, 0.15) is 13.3 Å². The van der Waals surface area contributed by atoms with Crippen molar-refractivity contribution in [1.29, 1.82) is 0 Å². The van der Waals surface area contributed by atoms with Crippen LogP contribution in [0.15, 0.2) is 11.7 Å². The van der Waals surface area contributed by atoms with Crippen LogP contribution in [0.4, 0.5) is 8.78 Å². The summed E-state index contributed by atoms with van der Waals surface area (Å²) in [5.41, 5.74) is 4.44. The van der Waals surface area contributed by atoms with Crippen LogP contribution in [0.2, 0.25) is 0 Å². The summed E-state index contributed by atoms with van der Waals surface area (Å²) in [6, 6.07) is 0. The van der Waals surface area contributed by atoms with Crippen molar-refractivity contribution in [3.05, 3.63) is 11.7 Å². The van der Waals surface area contributed by atoms with E-state index < -0.39 is 11.3 Å². The maximum Gasteiger partial charge on any atom is 0.269 e. The molecule has 0 amide bonds. The SMILES string of the molecule is CC(CCOC(=S)N(C)C)=C(F)F.NC(O)=S. The van der Waals surface area contributed by atoms with Crippen LogP contribution in [-0.2, 0) is 4.74 Å². The molecule has 3 N–H and O–H groups in total. The zero-order chi connectivity index (χ0) is 14.0. The number of hydrogen-bond acceptors (Lipinski definition) is 3. The quantitative estimate of drug-likeness (QED) is 0.776. The Hall–Kier alpha value is -1.02. The number of nitrogens with two attached hydrogens (primary N) is 1. The molecule has 0 rings (SSSR count). The highest BCUT2D eigenvalue weighted by atomic mass is 32.1. The van der Waals surface area contributed by atoms with Crippen molar-refractivity contribution in [2.24, 2.45) is 5.73 Å². The number of nitrogens with zero attached hydrogens (tertiary/aromatic N) is 1. The van der Waals surface area contributed by atoms with E-state index in [0.717, 1.165) is 0 Å². The van der Waals surface area contributed by atoms with Gasteiger partial charge in [0.15, 0.2) is 0 Å². The minimum absolute atomic E-state index is 0.0431. The highest BCUT2D eigenvalue weighted by molar-refractivity contribution is 7.80. The molecule has 0 aromatic heterocycles. The molecule has 8 heteroatoms. The van der Waals surface area contributed by atoms with Gasteiger partial charge in [-0.2, -0.15) is 8.78 Å². The number of aliphatic hydroxyl groups is 1. The van der Waals surface area contributed by atoms with Crippen molar-refractivity contribution >= 4 is 34.8 Å². The van der Waals surface area contributed by atoms with Crippen LogP contribution in [-0.4, -0.2) is 41.1 Å². The Morgan fingerprint density at radius 2 is 1.76 bits per heavy atom. The predicted octanol–water partition coefficient (Wildman–Crippen LogP) is 2.20. The third-order valence-electron chi connectivity index (χ3n) is 1.39. The second-order valence-corrected chi connectivity index (χ2v) is 3.91. The summed E-state index contributed by atoms with van der Waals surface area (Å²) < 4.78 is 28.8. The van der Waals surface area contributed by atoms with E-state index in [0.29, 0.717) is 5.17 Å². The van der Waals surface area contributed by atoms with Crippen LogP contribution in [0.3, 0.4) is 0 Å². The molecule has 100 valence electrons. The van der Waals surface area contributed by atoms with Gasteiger partial charge in [-0.1, -0.05) is 0 Å². The van der Waals surface area contributed by atoms with E-state index in [4.69, 9.17) is 22.1 Å². The lowest BCUT2D eigenvalue weighted by Gasteiger charge is -2.13. The van der Waals surface area contributed by atoms with Crippen LogP contribution >= 0.6 is 24.4 Å². The fraction of sp³-hybridized carbons (Fsp3) is 0.556. The lowest BCUT2D eigenvalue weighted by atomic mass is 10.2. The maximum absolute atomic E-state index is 11.9. The standard InChI is InChI=1S/C8H13F2NOS.CH3NOS/c1-6(7(9)10)4-5-12-8(13)11(2)3;2-1(3)4/h4-5H2,1-3H3;(H3,2,3,4). The van der Waals surface area contributed by atoms with Gasteiger partial charge in [0, 0.05) is 20.5 Å². The Bertz CT molecular complexity index is 289. The number of rotatable bonds is 3. The third-order valence-corrected chi connectivity index (χ3v) is 1.87. The minimum Gasteiger partial charge on any atom is -0.487 e. The Morgan fingerprint density at radius 1 is 1.35 bits per heavy atom. The highest BCUT2D eigenvalue weighted by Gasteiger charge is 2.02. The van der Waals surface area contributed by atoms with Gasteiger partial charge in [-0.15, -0.1) is 0 Å². The molecule has 0 aliphatic rings. The topological polar surface area (TPSA) is 58.7 Å². The number of thiocarbonyl (C=S) groups is 2. The summed E-state index contributed by atoms with van der Waals surface area (Å²) in [5, 5.41) is 7.38. The van der Waals surface area contributed by atoms with Crippen LogP contribution < -0.4 is 5.73 Å². The molecule has 0 aliphatic carbocycles. The molecule has 0 saturated carbocycles. The highest BCUT2D eigenvalue weighted by Crippen LogP contribution is 2.10. The van der Waals surface area contributed by atoms with Gasteiger partial charge in [0.25, 0.3) is 16.4 Å². The molecular formula is C9H16F2N2O2S2. The average Bonchev–Trinajstić information content (AvgIpc) is 2.15. The normalized spacial score (nSPS) is 8.53. The summed E-state index contributed by atoms with van der Waals surface area (Å²) in [6.45, 7) is 1.57. The first-order chi connectivity index (χ1) is 7.68. The maximum atomic E-state index is 11.9. The molecular weight excluding hydrogens is 270 g/mol. The molecule has 0 unspecified atom stereocenters. The Morgan fingerprint density at radius 3 is 2.06 bits per heavy atom. The Balaban J connectivity index is 0. The predicted molar refractivity (Wildman–Crippen MR) is 71.2 cm³/mol. The van der Waals surface area contributed by atoms with E-state index >= 15 is 0 Å². The van der Waals surface area contributed by atoms with E-state index in [9.17, 15) is 8.78 Å². The van der Waals surface area contributed by atoms with Crippen molar-refractivity contribution in [1.82, 2.24) is 4.90 Å². The molecule has 0 bridgehead atoms. The number of halogens is 2. The molecule has 4 nitrogen and oxygen atoms in total. The molecule has 0 aliphatic heterocycles. The molecule has 0 radical (unpaired) electrons. The lowest BCUT2D eigenvalue weighted by Crippen LogP contribution is -2.22. The smallest absolute Gasteiger partial charge is 0.269 e. The Labute approximate surface area is 110 Å². The molecule has 0 spiro atoms. The van der Waals surface area contributed by atoms with Crippen molar-refractivity contribution < 1.29 is 18.6 Å². The van der Waals surface area contributed by atoms with E-state index in [1.807, 2.05) is 0 Å². The van der Waals surface area contributed by atoms with Gasteiger partial charge in [0.05, 0.1) is 6.61 Å². The molecule has 17 heavy (non-hydrogen) atoms. The van der Waals surface area contributed by atoms with E-state index in [-0.39, 0.29) is 18.6 Å². The monoisotopic (exact) mass is 286 g/mol. The van der Waals surface area contributed by atoms with Crippen LogP contribution in [0.25, 0.3) is 0 Å². The third kappa shape index (κ3) is 15.0. The van der Waals surface area contributed by atoms with Crippen LogP contribution in [0.5, 0.6) is 0 Å². The first kappa shape index (κ1) is 18.3. The largest absolute Gasteiger partial charge is 0.487 e. The van der Waals surface area contributed by atoms with Crippen molar-refractivity contribution in [3.63, 3.8) is 0 Å². The van der Waals surface area contributed by atoms with Crippen molar-refractivity contribution in [2.75, 3.05) is 20.7 Å². The first-order valence-corrected chi connectivity index (χ1v) is 5.33. The van der Waals surface area contributed by atoms with Crippen molar-refractivity contribution in [3.8, 4) is 0 Å². The summed E-state index contributed by atoms with van der Waals surface area (Å²) in [5.74, 6) is 0. The zero-order valence-corrected chi connectivity index (χ0v) is 11.5. The molecule has 0 aromatic rings. The first-order valence-electron chi connectivity index (χ1n) is 4.51. The van der Waals surface area contributed by atoms with Gasteiger partial charge in [-0.3, -0.25) is 0 Å². The van der Waals surface area contributed by atoms with Gasteiger partial charge in [0.1, 0.15) is 0 Å². The molecule has 0 aromatic carbocycles. The van der Waals surface area contributed by atoms with Gasteiger partial charge < -0.3 is 20.5 Å². The van der Waals surface area contributed by atoms with Gasteiger partial charge in [-0.05, 0) is 36.9 Å². The molecule has 0 heterocycles. The number of hydrogen-bond donors (Lipinski definition) is 2. The average molecular weight is 286 g/mol. The lowest BCUT2D eigenvalue weighted by molar-refractivity contribution is 0.269. The fourth-order valence-corrected chi connectivity index (χ4v) is 0.598. The second kappa shape index (κ2) is 10.2. The van der Waals surface area contributed by atoms with E-state index in [1.54, 1.807) is 19.0 Å². The van der Waals surface area contributed by atoms with E-state index in [2.05, 4.69) is 18.0 Å². The number of aliphatic hydroxyl groups excluding tert-OH is 1. The van der Waals surface area contributed by atoms with E-state index in [1.165, 1.54) is 6.92 Å². The fourth-order valence-electron chi connectivity index (χ4n) is 0.515. The van der Waals surface area contributed by atoms with Gasteiger partial charge in [-0.25, -0.2) is 0 Å². The minimum atomic E-state index is -1.64. The molecule has 0 saturated heterocycles. The summed E-state index contributed by atoms with van der Waals surface area (Å²) in [7, 11) is 3.47. The zero-order valence-electron chi connectivity index (χ0n) is 9.87. The van der Waals surface area contributed by atoms with Crippen LogP contribution in [0, 0.1) is 0 Å².